The van der Waals surface area contributed by atoms with Crippen molar-refractivity contribution >= 4 is 11.8 Å². The molecule has 0 aromatic rings. The minimum absolute atomic E-state index is 0.00901. The molecule has 0 radical (unpaired) electrons. The van der Waals surface area contributed by atoms with Gasteiger partial charge in [-0.3, -0.25) is 9.59 Å². The van der Waals surface area contributed by atoms with Crippen molar-refractivity contribution in [1.82, 2.24) is 10.2 Å². The molecule has 0 aromatic heterocycles. The molecule has 0 bridgehead atoms. The van der Waals surface area contributed by atoms with Crippen molar-refractivity contribution in [3.8, 4) is 0 Å². The van der Waals surface area contributed by atoms with Crippen LogP contribution in [0.2, 0.25) is 0 Å². The number of hydrogen-bond donors (Lipinski definition) is 2. The van der Waals surface area contributed by atoms with E-state index in [0.29, 0.717) is 39.1 Å². The first kappa shape index (κ1) is 14.3. The molecule has 2 amide bonds. The summed E-state index contributed by atoms with van der Waals surface area (Å²) >= 11 is 0. The van der Waals surface area contributed by atoms with Gasteiger partial charge in [-0.05, 0) is 19.3 Å². The van der Waals surface area contributed by atoms with Gasteiger partial charge >= 0.3 is 0 Å². The Morgan fingerprint density at radius 1 is 1.42 bits per heavy atom. The fourth-order valence-electron chi connectivity index (χ4n) is 2.62. The summed E-state index contributed by atoms with van der Waals surface area (Å²) in [6.07, 6.45) is 2.70. The van der Waals surface area contributed by atoms with Crippen LogP contribution in [0.5, 0.6) is 0 Å². The molecule has 0 saturated carbocycles. The highest BCUT2D eigenvalue weighted by molar-refractivity contribution is 5.86. The van der Waals surface area contributed by atoms with Crippen molar-refractivity contribution in [3.05, 3.63) is 0 Å². The highest BCUT2D eigenvalue weighted by Crippen LogP contribution is 2.21. The number of nitrogens with zero attached hydrogens (tertiary/aromatic N) is 1. The second kappa shape index (κ2) is 5.88. The number of hydrogen-bond acceptors (Lipinski definition) is 4. The molecule has 0 spiro atoms. The summed E-state index contributed by atoms with van der Waals surface area (Å²) in [6.45, 7) is 4.04. The predicted molar refractivity (Wildman–Crippen MR) is 70.4 cm³/mol. The summed E-state index contributed by atoms with van der Waals surface area (Å²) in [5, 5.41) is 2.97. The van der Waals surface area contributed by atoms with Gasteiger partial charge < -0.3 is 20.7 Å². The Balaban J connectivity index is 1.82. The summed E-state index contributed by atoms with van der Waals surface area (Å²) < 4.78 is 5.23. The highest BCUT2D eigenvalue weighted by Gasteiger charge is 2.41. The van der Waals surface area contributed by atoms with Gasteiger partial charge in [0, 0.05) is 32.2 Å². The molecule has 108 valence electrons. The quantitative estimate of drug-likeness (QED) is 0.731. The van der Waals surface area contributed by atoms with E-state index in [9.17, 15) is 9.59 Å². The number of likely N-dealkylation sites (tertiary alicyclic amines) is 1. The lowest BCUT2D eigenvalue weighted by atomic mass is 9.96. The lowest BCUT2D eigenvalue weighted by molar-refractivity contribution is -0.138. The van der Waals surface area contributed by atoms with E-state index in [1.807, 2.05) is 11.8 Å². The van der Waals surface area contributed by atoms with Gasteiger partial charge in [0.15, 0.2) is 0 Å². The maximum absolute atomic E-state index is 12.3. The first-order chi connectivity index (χ1) is 9.05. The number of rotatable bonds is 3. The van der Waals surface area contributed by atoms with Crippen molar-refractivity contribution in [3.63, 3.8) is 0 Å². The summed E-state index contributed by atoms with van der Waals surface area (Å²) in [5.41, 5.74) is 5.25. The molecule has 6 nitrogen and oxygen atoms in total. The van der Waals surface area contributed by atoms with Gasteiger partial charge in [0.2, 0.25) is 11.8 Å². The number of amides is 2. The molecule has 2 aliphatic rings. The van der Waals surface area contributed by atoms with Gasteiger partial charge in [0.1, 0.15) is 5.54 Å². The van der Waals surface area contributed by atoms with Crippen LogP contribution in [0, 0.1) is 0 Å². The molecule has 2 fully saturated rings. The van der Waals surface area contributed by atoms with Crippen LogP contribution in [-0.2, 0) is 14.3 Å². The zero-order chi connectivity index (χ0) is 13.9. The second-order valence-electron chi connectivity index (χ2n) is 5.45. The largest absolute Gasteiger partial charge is 0.379 e. The Bertz CT molecular complexity index is 345. The molecule has 0 aliphatic carbocycles. The van der Waals surface area contributed by atoms with Crippen molar-refractivity contribution in [2.45, 2.75) is 44.2 Å². The highest BCUT2D eigenvalue weighted by atomic mass is 16.5. The van der Waals surface area contributed by atoms with E-state index < -0.39 is 5.54 Å². The molecule has 2 saturated heterocycles. The average molecular weight is 269 g/mol. The maximum Gasteiger partial charge on any atom is 0.245 e. The van der Waals surface area contributed by atoms with E-state index in [0.717, 1.165) is 12.8 Å². The lowest BCUT2D eigenvalue weighted by Crippen LogP contribution is -2.58. The van der Waals surface area contributed by atoms with Gasteiger partial charge in [-0.2, -0.15) is 0 Å². The van der Waals surface area contributed by atoms with E-state index in [4.69, 9.17) is 10.5 Å². The Hall–Kier alpha value is -1.14. The van der Waals surface area contributed by atoms with Crippen LogP contribution >= 0.6 is 0 Å². The van der Waals surface area contributed by atoms with Crippen molar-refractivity contribution < 1.29 is 14.3 Å². The second-order valence-corrected chi connectivity index (χ2v) is 5.45. The summed E-state index contributed by atoms with van der Waals surface area (Å²) in [7, 11) is 0. The number of carbonyl (C=O) groups excluding carboxylic acids is 2. The first-order valence-corrected chi connectivity index (χ1v) is 7.00. The van der Waals surface area contributed by atoms with Gasteiger partial charge in [0.25, 0.3) is 0 Å². The van der Waals surface area contributed by atoms with E-state index >= 15 is 0 Å². The molecule has 2 aliphatic heterocycles. The number of nitrogens with two attached hydrogens (primary N) is 1. The molecule has 3 N–H and O–H groups in total. The first-order valence-electron chi connectivity index (χ1n) is 7.00. The minimum Gasteiger partial charge on any atom is -0.379 e. The van der Waals surface area contributed by atoms with Crippen molar-refractivity contribution in [2.24, 2.45) is 5.73 Å². The molecule has 2 heterocycles. The molecular weight excluding hydrogens is 246 g/mol. The van der Waals surface area contributed by atoms with E-state index in [2.05, 4.69) is 5.32 Å². The lowest BCUT2D eigenvalue weighted by Gasteiger charge is -2.36. The Morgan fingerprint density at radius 3 is 2.63 bits per heavy atom. The van der Waals surface area contributed by atoms with Crippen LogP contribution in [0.1, 0.15) is 32.6 Å². The number of piperidine rings is 1. The van der Waals surface area contributed by atoms with Crippen LogP contribution in [-0.4, -0.2) is 54.6 Å². The van der Waals surface area contributed by atoms with Crippen LogP contribution in [0.3, 0.4) is 0 Å². The van der Waals surface area contributed by atoms with E-state index in [1.54, 1.807) is 0 Å². The number of carbonyl (C=O) groups is 2. The van der Waals surface area contributed by atoms with Gasteiger partial charge in [0.05, 0.1) is 6.61 Å². The summed E-state index contributed by atoms with van der Waals surface area (Å²) in [5.74, 6) is 0.0644. The number of nitrogens with one attached hydrogen (secondary N) is 1. The van der Waals surface area contributed by atoms with Gasteiger partial charge in [-0.15, -0.1) is 0 Å². The van der Waals surface area contributed by atoms with Crippen LogP contribution in [0.25, 0.3) is 0 Å². The topological polar surface area (TPSA) is 84.7 Å². The fourth-order valence-corrected chi connectivity index (χ4v) is 2.62. The smallest absolute Gasteiger partial charge is 0.245 e. The number of ether oxygens (including phenoxy) is 1. The minimum atomic E-state index is -0.834. The predicted octanol–water partition coefficient (Wildman–Crippen LogP) is -0.379. The Labute approximate surface area is 113 Å². The standard InChI is InChI=1S/C13H23N3O3/c1-2-11(17)15-10-3-6-16(7-4-10)12(18)13(14)5-8-19-9-13/h10H,2-9,14H2,1H3,(H,15,17). The molecule has 2 rings (SSSR count). The van der Waals surface area contributed by atoms with E-state index in [1.165, 1.54) is 0 Å². The SMILES string of the molecule is CCC(=O)NC1CCN(C(=O)C2(N)CCOC2)CC1. The maximum atomic E-state index is 12.3. The molecule has 1 atom stereocenters. The van der Waals surface area contributed by atoms with Crippen molar-refractivity contribution in [1.29, 1.82) is 0 Å². The third kappa shape index (κ3) is 3.25. The third-order valence-corrected chi connectivity index (χ3v) is 3.95. The summed E-state index contributed by atoms with van der Waals surface area (Å²) in [6, 6.07) is 0.185. The third-order valence-electron chi connectivity index (χ3n) is 3.95. The molecular formula is C13H23N3O3. The van der Waals surface area contributed by atoms with Gasteiger partial charge in [-0.1, -0.05) is 6.92 Å². The van der Waals surface area contributed by atoms with Crippen LogP contribution in [0.4, 0.5) is 0 Å². The van der Waals surface area contributed by atoms with Gasteiger partial charge in [-0.25, -0.2) is 0 Å². The summed E-state index contributed by atoms with van der Waals surface area (Å²) in [4.78, 5) is 25.5. The monoisotopic (exact) mass is 269 g/mol. The van der Waals surface area contributed by atoms with E-state index in [-0.39, 0.29) is 17.9 Å². The molecule has 0 aromatic carbocycles. The molecule has 6 heteroatoms. The fraction of sp³-hybridized carbons (Fsp3) is 0.846. The Kier molecular flexibility index (Phi) is 4.42. The molecule has 1 unspecified atom stereocenters. The average Bonchev–Trinajstić information content (AvgIpc) is 2.87. The zero-order valence-electron chi connectivity index (χ0n) is 11.5. The molecule has 19 heavy (non-hydrogen) atoms. The normalized spacial score (nSPS) is 28.4. The van der Waals surface area contributed by atoms with Crippen LogP contribution < -0.4 is 11.1 Å². The Morgan fingerprint density at radius 2 is 2.11 bits per heavy atom. The van der Waals surface area contributed by atoms with Crippen molar-refractivity contribution in [2.75, 3.05) is 26.3 Å². The van der Waals surface area contributed by atoms with Crippen LogP contribution in [0.15, 0.2) is 0 Å². The zero-order valence-corrected chi connectivity index (χ0v) is 11.5.